The molecule has 0 bridgehead atoms. The first-order valence-corrected chi connectivity index (χ1v) is 15.3. The Bertz CT molecular complexity index is 1250. The maximum absolute atomic E-state index is 12.7. The van der Waals surface area contributed by atoms with Gasteiger partial charge in [-0.05, 0) is 11.8 Å². The minimum Gasteiger partial charge on any atom is -0.423 e. The molecule has 0 saturated carbocycles. The Morgan fingerprint density at radius 2 is 0.784 bits per heavy atom. The van der Waals surface area contributed by atoms with E-state index in [-0.39, 0.29) is 73.2 Å². The number of esters is 2. The van der Waals surface area contributed by atoms with Crippen LogP contribution >= 0.6 is 116 Å². The highest BCUT2D eigenvalue weighted by Crippen LogP contribution is 2.49. The maximum atomic E-state index is 12.7. The van der Waals surface area contributed by atoms with Crippen LogP contribution in [-0.4, -0.2) is 31.9 Å². The first kappa shape index (κ1) is 31.8. The lowest BCUT2D eigenvalue weighted by molar-refractivity contribution is -0.138. The van der Waals surface area contributed by atoms with Crippen molar-refractivity contribution in [2.45, 2.75) is 12.8 Å². The Labute approximate surface area is 261 Å². The zero-order chi connectivity index (χ0) is 28.0. The van der Waals surface area contributed by atoms with Gasteiger partial charge in [-0.2, -0.15) is 0 Å². The first-order valence-electron chi connectivity index (χ1n) is 9.70. The second-order valence-corrected chi connectivity index (χ2v) is 13.7. The number of ether oxygens (including phenoxy) is 2. The summed E-state index contributed by atoms with van der Waals surface area (Å²) in [7, 11) is -3.59. The van der Waals surface area contributed by atoms with E-state index >= 15 is 0 Å². The van der Waals surface area contributed by atoms with E-state index in [1.54, 1.807) is 0 Å². The lowest BCUT2D eigenvalue weighted by Crippen LogP contribution is -2.24. The minimum atomic E-state index is -3.59. The molecular formula is C20H10Cl10O6S. The predicted octanol–water partition coefficient (Wildman–Crippen LogP) is 9.17. The Hall–Kier alpha value is 0.230. The average Bonchev–Trinajstić information content (AvgIpc) is 3.11. The van der Waals surface area contributed by atoms with Crippen LogP contribution in [-0.2, 0) is 19.4 Å². The molecule has 2 aromatic carbocycles. The highest BCUT2D eigenvalue weighted by molar-refractivity contribution is 7.91. The van der Waals surface area contributed by atoms with Crippen LogP contribution in [0.25, 0.3) is 0 Å². The molecule has 0 aromatic heterocycles. The van der Waals surface area contributed by atoms with Crippen LogP contribution in [0.3, 0.4) is 0 Å². The molecule has 0 radical (unpaired) electrons. The number of carbonyl (C=O) groups is 2. The van der Waals surface area contributed by atoms with Gasteiger partial charge in [0.1, 0.15) is 20.1 Å². The summed E-state index contributed by atoms with van der Waals surface area (Å²) < 4.78 is 35.1. The van der Waals surface area contributed by atoms with Gasteiger partial charge in [-0.1, -0.05) is 116 Å². The maximum Gasteiger partial charge on any atom is 0.311 e. The van der Waals surface area contributed by atoms with Crippen molar-refractivity contribution in [2.24, 2.45) is 11.8 Å². The molecular weight excluding hydrogens is 723 g/mol. The van der Waals surface area contributed by atoms with Crippen LogP contribution in [0, 0.1) is 11.8 Å². The van der Waals surface area contributed by atoms with E-state index in [1.165, 1.54) is 0 Å². The van der Waals surface area contributed by atoms with Crippen molar-refractivity contribution < 1.29 is 27.5 Å². The molecule has 2 atom stereocenters. The molecule has 2 aromatic rings. The fourth-order valence-corrected chi connectivity index (χ4v) is 8.15. The van der Waals surface area contributed by atoms with Crippen LogP contribution in [0.1, 0.15) is 12.8 Å². The third-order valence-corrected chi connectivity index (χ3v) is 11.6. The van der Waals surface area contributed by atoms with Gasteiger partial charge in [0, 0.05) is 0 Å². The Morgan fingerprint density at radius 1 is 0.541 bits per heavy atom. The van der Waals surface area contributed by atoms with Gasteiger partial charge in [0.25, 0.3) is 0 Å². The highest BCUT2D eigenvalue weighted by atomic mass is 35.5. The zero-order valence-electron chi connectivity index (χ0n) is 17.6. The molecule has 0 unspecified atom stereocenters. The molecule has 37 heavy (non-hydrogen) atoms. The van der Waals surface area contributed by atoms with Crippen LogP contribution in [0.4, 0.5) is 0 Å². The van der Waals surface area contributed by atoms with Gasteiger partial charge in [0.2, 0.25) is 0 Å². The fraction of sp³-hybridized carbons (Fsp3) is 0.300. The molecule has 202 valence electrons. The van der Waals surface area contributed by atoms with E-state index in [4.69, 9.17) is 125 Å². The summed E-state index contributed by atoms with van der Waals surface area (Å²) in [6, 6.07) is 0. The number of hydrogen-bond donors (Lipinski definition) is 0. The lowest BCUT2D eigenvalue weighted by Gasteiger charge is -2.18. The topological polar surface area (TPSA) is 86.7 Å². The quantitative estimate of drug-likeness (QED) is 0.128. The minimum absolute atomic E-state index is 0.137. The first-order chi connectivity index (χ1) is 17.1. The molecule has 1 aliphatic rings. The van der Waals surface area contributed by atoms with Crippen molar-refractivity contribution in [3.05, 3.63) is 50.2 Å². The molecule has 0 aliphatic carbocycles. The van der Waals surface area contributed by atoms with Gasteiger partial charge in [-0.15, -0.1) is 0 Å². The summed E-state index contributed by atoms with van der Waals surface area (Å²) in [4.78, 5) is 25.3. The second kappa shape index (κ2) is 12.4. The number of hydrogen-bond acceptors (Lipinski definition) is 6. The third-order valence-electron chi connectivity index (χ3n) is 5.23. The predicted molar refractivity (Wildman–Crippen MR) is 149 cm³/mol. The van der Waals surface area contributed by atoms with Gasteiger partial charge >= 0.3 is 11.9 Å². The smallest absolute Gasteiger partial charge is 0.311 e. The fourth-order valence-electron chi connectivity index (χ4n) is 3.53. The van der Waals surface area contributed by atoms with Crippen LogP contribution in [0.15, 0.2) is 0 Å². The van der Waals surface area contributed by atoms with E-state index in [1.807, 2.05) is 0 Å². The van der Waals surface area contributed by atoms with E-state index in [2.05, 4.69) is 0 Å². The van der Waals surface area contributed by atoms with E-state index < -0.39 is 46.5 Å². The number of sulfone groups is 1. The van der Waals surface area contributed by atoms with Crippen molar-refractivity contribution >= 4 is 138 Å². The summed E-state index contributed by atoms with van der Waals surface area (Å²) in [5, 5.41) is -2.08. The summed E-state index contributed by atoms with van der Waals surface area (Å²) >= 11 is 60.0. The molecule has 3 rings (SSSR count). The summed E-state index contributed by atoms with van der Waals surface area (Å²) in [6.07, 6.45) is -0.830. The molecule has 1 heterocycles. The van der Waals surface area contributed by atoms with Gasteiger partial charge in [0.15, 0.2) is 21.3 Å². The number of benzene rings is 2. The number of carbonyl (C=O) groups excluding carboxylic acids is 2. The molecule has 1 aliphatic heterocycles. The monoisotopic (exact) mass is 728 g/mol. The number of halogens is 10. The normalized spacial score (nSPS) is 18.6. The molecule has 0 amide bonds. The summed E-state index contributed by atoms with van der Waals surface area (Å²) in [5.41, 5.74) is 0. The Morgan fingerprint density at radius 3 is 1.05 bits per heavy atom. The highest BCUT2D eigenvalue weighted by Gasteiger charge is 2.41. The van der Waals surface area contributed by atoms with Gasteiger partial charge in [-0.3, -0.25) is 9.59 Å². The van der Waals surface area contributed by atoms with Gasteiger partial charge < -0.3 is 9.47 Å². The van der Waals surface area contributed by atoms with Gasteiger partial charge in [0.05, 0.1) is 54.5 Å². The molecule has 6 nitrogen and oxygen atoms in total. The molecule has 1 fully saturated rings. The molecule has 17 heteroatoms. The van der Waals surface area contributed by atoms with Crippen molar-refractivity contribution in [1.29, 1.82) is 0 Å². The van der Waals surface area contributed by atoms with E-state index in [0.717, 1.165) is 0 Å². The van der Waals surface area contributed by atoms with E-state index in [0.29, 0.717) is 0 Å². The Kier molecular flexibility index (Phi) is 10.6. The second-order valence-electron chi connectivity index (χ2n) is 7.75. The molecule has 0 N–H and O–H groups in total. The molecule has 1 saturated heterocycles. The van der Waals surface area contributed by atoms with Crippen LogP contribution in [0.2, 0.25) is 50.2 Å². The summed E-state index contributed by atoms with van der Waals surface area (Å²) in [6.45, 7) is 0. The number of rotatable bonds is 6. The van der Waals surface area contributed by atoms with E-state index in [9.17, 15) is 18.0 Å². The SMILES string of the molecule is O=C(C[C@@H]1CS(=O)(=O)C[C@H]1CC(=O)Oc1c(Cl)c(Cl)c(Cl)c(Cl)c1Cl)Oc1c(Cl)c(Cl)c(Cl)c(Cl)c1Cl. The van der Waals surface area contributed by atoms with Crippen molar-refractivity contribution in [1.82, 2.24) is 0 Å². The lowest BCUT2D eigenvalue weighted by atomic mass is 9.90. The van der Waals surface area contributed by atoms with Crippen molar-refractivity contribution in [3.63, 3.8) is 0 Å². The van der Waals surface area contributed by atoms with Crippen molar-refractivity contribution in [3.8, 4) is 11.5 Å². The third kappa shape index (κ3) is 6.94. The van der Waals surface area contributed by atoms with Crippen molar-refractivity contribution in [2.75, 3.05) is 11.5 Å². The van der Waals surface area contributed by atoms with Crippen LogP contribution < -0.4 is 9.47 Å². The Balaban J connectivity index is 1.77. The van der Waals surface area contributed by atoms with Crippen LogP contribution in [0.5, 0.6) is 11.5 Å². The standard InChI is InChI=1S/C20H10Cl10O6S/c21-9-11(23)15(27)19(16(28)12(9)24)35-7(31)1-5-3-37(33,34)4-6(5)2-8(32)36-20-17(29)13(25)10(22)14(26)18(20)30/h5-6H,1-4H2/t5-,6-/m1/s1. The summed E-state index contributed by atoms with van der Waals surface area (Å²) in [5.74, 6) is -4.89. The largest absolute Gasteiger partial charge is 0.423 e. The van der Waals surface area contributed by atoms with Gasteiger partial charge in [-0.25, -0.2) is 8.42 Å². The molecule has 0 spiro atoms. The zero-order valence-corrected chi connectivity index (χ0v) is 26.0. The average molecular weight is 733 g/mol.